The van der Waals surface area contributed by atoms with Crippen LogP contribution in [0.3, 0.4) is 0 Å². The van der Waals surface area contributed by atoms with Gasteiger partial charge in [-0.2, -0.15) is 0 Å². The van der Waals surface area contributed by atoms with Crippen molar-refractivity contribution in [1.29, 1.82) is 0 Å². The van der Waals surface area contributed by atoms with Gasteiger partial charge in [-0.3, -0.25) is 13.9 Å². The fourth-order valence-corrected chi connectivity index (χ4v) is 5.29. The molecule has 9 heteroatoms. The van der Waals surface area contributed by atoms with Crippen LogP contribution in [0, 0.1) is 11.7 Å². The summed E-state index contributed by atoms with van der Waals surface area (Å²) in [4.78, 5) is 29.1. The molecule has 3 aromatic carbocycles. The monoisotopic (exact) mass is 567 g/mol. The lowest BCUT2D eigenvalue weighted by Crippen LogP contribution is -2.53. The minimum absolute atomic E-state index is 0.00125. The molecule has 0 radical (unpaired) electrons. The summed E-state index contributed by atoms with van der Waals surface area (Å²) in [5.41, 5.74) is 2.66. The highest BCUT2D eigenvalue weighted by molar-refractivity contribution is 7.92. The van der Waals surface area contributed by atoms with Gasteiger partial charge in [0.2, 0.25) is 21.8 Å². The van der Waals surface area contributed by atoms with Gasteiger partial charge in [0.05, 0.1) is 11.9 Å². The molecule has 40 heavy (non-hydrogen) atoms. The summed E-state index contributed by atoms with van der Waals surface area (Å²) in [6.45, 7) is 5.80. The number of benzene rings is 3. The van der Waals surface area contributed by atoms with Crippen LogP contribution in [0.4, 0.5) is 10.1 Å². The van der Waals surface area contributed by atoms with E-state index in [1.165, 1.54) is 17.0 Å². The Morgan fingerprint density at radius 1 is 0.900 bits per heavy atom. The second-order valence-corrected chi connectivity index (χ2v) is 12.2. The predicted octanol–water partition coefficient (Wildman–Crippen LogP) is 4.57. The zero-order chi connectivity index (χ0) is 29.3. The van der Waals surface area contributed by atoms with Crippen molar-refractivity contribution < 1.29 is 22.4 Å². The maximum absolute atomic E-state index is 14.1. The van der Waals surface area contributed by atoms with Gasteiger partial charge in [0.1, 0.15) is 18.4 Å². The van der Waals surface area contributed by atoms with Crippen molar-refractivity contribution >= 4 is 27.5 Å². The first-order chi connectivity index (χ1) is 19.0. The number of nitrogens with zero attached hydrogens (tertiary/aromatic N) is 2. The molecule has 0 aromatic heterocycles. The number of rotatable bonds is 13. The zero-order valence-corrected chi connectivity index (χ0v) is 24.3. The molecule has 0 unspecified atom stereocenters. The first-order valence-corrected chi connectivity index (χ1v) is 15.3. The van der Waals surface area contributed by atoms with Crippen LogP contribution in [-0.2, 0) is 39.0 Å². The number of aryl methyl sites for hydroxylation is 1. The van der Waals surface area contributed by atoms with E-state index in [2.05, 4.69) is 5.32 Å². The second-order valence-electron chi connectivity index (χ2n) is 10.2. The standard InChI is InChI=1S/C31H38FN3O4S/c1-5-26-13-9-10-14-28(26)35(40(4,38)39)22-30(36)34(21-25-15-17-27(32)18-16-25)29(31(37)33-20-23(2)3)19-24-11-7-6-8-12-24/h6-18,23,29H,5,19-22H2,1-4H3,(H,33,37)/t29-/m1/s1. The Labute approximate surface area is 237 Å². The summed E-state index contributed by atoms with van der Waals surface area (Å²) in [6.07, 6.45) is 1.86. The van der Waals surface area contributed by atoms with Crippen LogP contribution in [0.5, 0.6) is 0 Å². The Kier molecular flexibility index (Phi) is 10.8. The molecule has 0 fully saturated rings. The Hall–Kier alpha value is -3.72. The summed E-state index contributed by atoms with van der Waals surface area (Å²) in [7, 11) is -3.85. The molecule has 7 nitrogen and oxygen atoms in total. The van der Waals surface area contributed by atoms with Crippen LogP contribution >= 0.6 is 0 Å². The Bertz CT molecular complexity index is 1380. The molecule has 0 aliphatic rings. The van der Waals surface area contributed by atoms with E-state index in [4.69, 9.17) is 0 Å². The number of para-hydroxylation sites is 1. The summed E-state index contributed by atoms with van der Waals surface area (Å²) in [6, 6.07) is 21.2. The van der Waals surface area contributed by atoms with Gasteiger partial charge < -0.3 is 10.2 Å². The number of carbonyl (C=O) groups is 2. The molecule has 0 aliphatic carbocycles. The molecular formula is C31H38FN3O4S. The SMILES string of the molecule is CCc1ccccc1N(CC(=O)N(Cc1ccc(F)cc1)[C@H](Cc1ccccc1)C(=O)NCC(C)C)S(C)(=O)=O. The molecule has 0 bridgehead atoms. The zero-order valence-electron chi connectivity index (χ0n) is 23.5. The van der Waals surface area contributed by atoms with Crippen LogP contribution in [0.1, 0.15) is 37.5 Å². The highest BCUT2D eigenvalue weighted by Crippen LogP contribution is 2.24. The largest absolute Gasteiger partial charge is 0.354 e. The lowest BCUT2D eigenvalue weighted by molar-refractivity contribution is -0.140. The molecule has 0 saturated carbocycles. The number of anilines is 1. The molecule has 0 saturated heterocycles. The highest BCUT2D eigenvalue weighted by Gasteiger charge is 2.33. The normalized spacial score (nSPS) is 12.2. The van der Waals surface area contributed by atoms with Gasteiger partial charge in [0.25, 0.3) is 0 Å². The van der Waals surface area contributed by atoms with Gasteiger partial charge in [0.15, 0.2) is 0 Å². The van der Waals surface area contributed by atoms with Gasteiger partial charge in [-0.05, 0) is 47.2 Å². The van der Waals surface area contributed by atoms with Crippen molar-refractivity contribution in [2.75, 3.05) is 23.7 Å². The van der Waals surface area contributed by atoms with Gasteiger partial charge in [0, 0.05) is 19.5 Å². The number of amides is 2. The number of halogens is 1. The van der Waals surface area contributed by atoms with Crippen molar-refractivity contribution in [3.8, 4) is 0 Å². The quantitative estimate of drug-likeness (QED) is 0.328. The lowest BCUT2D eigenvalue weighted by atomic mass is 10.0. The third kappa shape index (κ3) is 8.64. The number of sulfonamides is 1. The number of nitrogens with one attached hydrogen (secondary N) is 1. The minimum Gasteiger partial charge on any atom is -0.354 e. The molecule has 0 aliphatic heterocycles. The highest BCUT2D eigenvalue weighted by atomic mass is 32.2. The van der Waals surface area contributed by atoms with Gasteiger partial charge in [-0.15, -0.1) is 0 Å². The van der Waals surface area contributed by atoms with E-state index in [1.54, 1.807) is 24.3 Å². The predicted molar refractivity (Wildman–Crippen MR) is 157 cm³/mol. The van der Waals surface area contributed by atoms with Crippen LogP contribution in [0.2, 0.25) is 0 Å². The summed E-state index contributed by atoms with van der Waals surface area (Å²) < 4.78 is 40.7. The van der Waals surface area contributed by atoms with E-state index in [1.807, 2.05) is 63.2 Å². The Morgan fingerprint density at radius 2 is 1.52 bits per heavy atom. The maximum Gasteiger partial charge on any atom is 0.244 e. The summed E-state index contributed by atoms with van der Waals surface area (Å²) in [5, 5.41) is 2.94. The van der Waals surface area contributed by atoms with Crippen molar-refractivity contribution in [3.63, 3.8) is 0 Å². The van der Waals surface area contributed by atoms with Gasteiger partial charge >= 0.3 is 0 Å². The minimum atomic E-state index is -3.85. The topological polar surface area (TPSA) is 86.8 Å². The fraction of sp³-hybridized carbons (Fsp3) is 0.355. The first kappa shape index (κ1) is 30.8. The van der Waals surface area contributed by atoms with Crippen LogP contribution in [-0.4, -0.2) is 50.5 Å². The molecule has 1 N–H and O–H groups in total. The summed E-state index contributed by atoms with van der Waals surface area (Å²) in [5.74, 6) is -1.11. The first-order valence-electron chi connectivity index (χ1n) is 13.4. The van der Waals surface area contributed by atoms with Crippen LogP contribution < -0.4 is 9.62 Å². The van der Waals surface area contributed by atoms with E-state index < -0.39 is 34.3 Å². The number of hydrogen-bond donors (Lipinski definition) is 1. The third-order valence-electron chi connectivity index (χ3n) is 6.54. The maximum atomic E-state index is 14.1. The Balaban J connectivity index is 2.06. The molecule has 214 valence electrons. The molecule has 3 aromatic rings. The second kappa shape index (κ2) is 14.1. The van der Waals surface area contributed by atoms with Gasteiger partial charge in [-0.25, -0.2) is 12.8 Å². The third-order valence-corrected chi connectivity index (χ3v) is 7.67. The van der Waals surface area contributed by atoms with Crippen molar-refractivity contribution in [1.82, 2.24) is 10.2 Å². The fourth-order valence-electron chi connectivity index (χ4n) is 4.41. The van der Waals surface area contributed by atoms with E-state index >= 15 is 0 Å². The average molecular weight is 568 g/mol. The van der Waals surface area contributed by atoms with Crippen LogP contribution in [0.15, 0.2) is 78.9 Å². The molecule has 0 spiro atoms. The number of hydrogen-bond acceptors (Lipinski definition) is 4. The summed E-state index contributed by atoms with van der Waals surface area (Å²) >= 11 is 0. The van der Waals surface area contributed by atoms with Crippen LogP contribution in [0.25, 0.3) is 0 Å². The molecule has 3 rings (SSSR count). The van der Waals surface area contributed by atoms with E-state index in [9.17, 15) is 22.4 Å². The molecule has 1 atom stereocenters. The number of carbonyl (C=O) groups excluding carboxylic acids is 2. The van der Waals surface area contributed by atoms with E-state index in [-0.39, 0.29) is 24.8 Å². The smallest absolute Gasteiger partial charge is 0.244 e. The van der Waals surface area contributed by atoms with Crippen molar-refractivity contribution in [2.24, 2.45) is 5.92 Å². The molecule has 0 heterocycles. The van der Waals surface area contributed by atoms with E-state index in [0.717, 1.165) is 21.7 Å². The average Bonchev–Trinajstić information content (AvgIpc) is 2.93. The lowest BCUT2D eigenvalue weighted by Gasteiger charge is -2.34. The Morgan fingerprint density at radius 3 is 2.12 bits per heavy atom. The van der Waals surface area contributed by atoms with E-state index in [0.29, 0.717) is 24.2 Å². The van der Waals surface area contributed by atoms with Crippen molar-refractivity contribution in [2.45, 2.75) is 46.2 Å². The molecular weight excluding hydrogens is 529 g/mol. The van der Waals surface area contributed by atoms with Crippen molar-refractivity contribution in [3.05, 3.63) is 101 Å². The molecule has 2 amide bonds. The van der Waals surface area contributed by atoms with Gasteiger partial charge in [-0.1, -0.05) is 81.4 Å².